The van der Waals surface area contributed by atoms with Crippen molar-refractivity contribution in [2.45, 2.75) is 32.5 Å². The van der Waals surface area contributed by atoms with Crippen LogP contribution in [0, 0.1) is 0 Å². The molecule has 64 valence electrons. The molecule has 11 heavy (non-hydrogen) atoms. The van der Waals surface area contributed by atoms with Crippen LogP contribution in [-0.4, -0.2) is 36.6 Å². The fourth-order valence-electron chi connectivity index (χ4n) is 1.25. The first-order valence-electron chi connectivity index (χ1n) is 4.01. The normalized spacial score (nSPS) is 25.3. The predicted octanol–water partition coefficient (Wildman–Crippen LogP) is 0.642. The molecule has 0 bridgehead atoms. The molecule has 0 aromatic heterocycles. The highest BCUT2D eigenvalue weighted by Gasteiger charge is 2.30. The molecule has 1 amide bonds. The second kappa shape index (κ2) is 3.22. The SMILES string of the molecule is CC(C)OC1CCN(C)C1=O. The number of nitrogens with zero attached hydrogens (tertiary/aromatic N) is 1. The Morgan fingerprint density at radius 2 is 2.27 bits per heavy atom. The number of likely N-dealkylation sites (tertiary alicyclic amines) is 1. The minimum atomic E-state index is -0.181. The molecule has 0 aromatic carbocycles. The molecule has 1 fully saturated rings. The number of rotatable bonds is 2. The van der Waals surface area contributed by atoms with E-state index in [9.17, 15) is 4.79 Å². The number of carbonyl (C=O) groups is 1. The molecule has 0 radical (unpaired) electrons. The highest BCUT2D eigenvalue weighted by atomic mass is 16.5. The Hall–Kier alpha value is -0.570. The Bertz CT molecular complexity index is 156. The third kappa shape index (κ3) is 1.93. The average molecular weight is 157 g/mol. The molecule has 0 aliphatic carbocycles. The summed E-state index contributed by atoms with van der Waals surface area (Å²) in [6, 6.07) is 0. The molecule has 1 unspecified atom stereocenters. The number of ether oxygens (including phenoxy) is 1. The van der Waals surface area contributed by atoms with E-state index in [1.165, 1.54) is 0 Å². The number of hydrogen-bond acceptors (Lipinski definition) is 2. The third-order valence-corrected chi connectivity index (χ3v) is 1.81. The lowest BCUT2D eigenvalue weighted by Crippen LogP contribution is -2.29. The minimum absolute atomic E-state index is 0.124. The van der Waals surface area contributed by atoms with Crippen LogP contribution < -0.4 is 0 Å². The first-order chi connectivity index (χ1) is 5.11. The largest absolute Gasteiger partial charge is 0.366 e. The molecule has 3 heteroatoms. The molecule has 1 aliphatic heterocycles. The maximum Gasteiger partial charge on any atom is 0.251 e. The molecule has 1 rings (SSSR count). The summed E-state index contributed by atoms with van der Waals surface area (Å²) >= 11 is 0. The lowest BCUT2D eigenvalue weighted by atomic mass is 10.3. The summed E-state index contributed by atoms with van der Waals surface area (Å²) in [5, 5.41) is 0. The summed E-state index contributed by atoms with van der Waals surface area (Å²) < 4.78 is 5.40. The van der Waals surface area contributed by atoms with Crippen LogP contribution in [0.1, 0.15) is 20.3 Å². The van der Waals surface area contributed by atoms with Crippen LogP contribution >= 0.6 is 0 Å². The lowest BCUT2D eigenvalue weighted by molar-refractivity contribution is -0.138. The minimum Gasteiger partial charge on any atom is -0.366 e. The van der Waals surface area contributed by atoms with Crippen LogP contribution in [-0.2, 0) is 9.53 Å². The second-order valence-electron chi connectivity index (χ2n) is 3.22. The summed E-state index contributed by atoms with van der Waals surface area (Å²) in [6.45, 7) is 4.73. The Labute approximate surface area is 67.3 Å². The van der Waals surface area contributed by atoms with Gasteiger partial charge in [0.25, 0.3) is 5.91 Å². The molecule has 0 saturated carbocycles. The fraction of sp³-hybridized carbons (Fsp3) is 0.875. The van der Waals surface area contributed by atoms with Gasteiger partial charge in [-0.2, -0.15) is 0 Å². The Morgan fingerprint density at radius 3 is 2.64 bits per heavy atom. The average Bonchev–Trinajstić information content (AvgIpc) is 2.18. The van der Waals surface area contributed by atoms with Crippen molar-refractivity contribution < 1.29 is 9.53 Å². The molecule has 1 saturated heterocycles. The van der Waals surface area contributed by atoms with Gasteiger partial charge >= 0.3 is 0 Å². The smallest absolute Gasteiger partial charge is 0.251 e. The van der Waals surface area contributed by atoms with E-state index in [-0.39, 0.29) is 18.1 Å². The standard InChI is InChI=1S/C8H15NO2/c1-6(2)11-7-4-5-9(3)8(7)10/h6-7H,4-5H2,1-3H3. The van der Waals surface area contributed by atoms with Gasteiger partial charge in [-0.25, -0.2) is 0 Å². The molecule has 0 aromatic rings. The molecule has 0 N–H and O–H groups in total. The fourth-order valence-corrected chi connectivity index (χ4v) is 1.25. The first kappa shape index (κ1) is 8.53. The van der Waals surface area contributed by atoms with Crippen molar-refractivity contribution in [3.05, 3.63) is 0 Å². The second-order valence-corrected chi connectivity index (χ2v) is 3.22. The summed E-state index contributed by atoms with van der Waals surface area (Å²) in [7, 11) is 1.81. The van der Waals surface area contributed by atoms with E-state index in [0.717, 1.165) is 13.0 Å². The van der Waals surface area contributed by atoms with Gasteiger partial charge in [-0.15, -0.1) is 0 Å². The zero-order chi connectivity index (χ0) is 8.43. The van der Waals surface area contributed by atoms with Crippen LogP contribution in [0.15, 0.2) is 0 Å². The Kier molecular flexibility index (Phi) is 2.49. The molecular weight excluding hydrogens is 142 g/mol. The number of hydrogen-bond donors (Lipinski definition) is 0. The Balaban J connectivity index is 2.42. The maximum atomic E-state index is 11.2. The third-order valence-electron chi connectivity index (χ3n) is 1.81. The molecule has 0 spiro atoms. The molecule has 1 heterocycles. The van der Waals surface area contributed by atoms with Crippen molar-refractivity contribution in [1.82, 2.24) is 4.90 Å². The molecular formula is C8H15NO2. The van der Waals surface area contributed by atoms with Crippen LogP contribution in [0.3, 0.4) is 0 Å². The highest BCUT2D eigenvalue weighted by Crippen LogP contribution is 2.13. The summed E-state index contributed by atoms with van der Waals surface area (Å²) in [5.41, 5.74) is 0. The van der Waals surface area contributed by atoms with E-state index in [1.54, 1.807) is 4.90 Å². The van der Waals surface area contributed by atoms with Gasteiger partial charge in [0.15, 0.2) is 0 Å². The van der Waals surface area contributed by atoms with Gasteiger partial charge < -0.3 is 9.64 Å². The van der Waals surface area contributed by atoms with Crippen molar-refractivity contribution in [3.63, 3.8) is 0 Å². The van der Waals surface area contributed by atoms with E-state index >= 15 is 0 Å². The Morgan fingerprint density at radius 1 is 1.64 bits per heavy atom. The van der Waals surface area contributed by atoms with E-state index in [2.05, 4.69) is 0 Å². The summed E-state index contributed by atoms with van der Waals surface area (Å²) in [4.78, 5) is 13.0. The monoisotopic (exact) mass is 157 g/mol. The number of carbonyl (C=O) groups excluding carboxylic acids is 1. The van der Waals surface area contributed by atoms with Gasteiger partial charge in [-0.05, 0) is 13.8 Å². The molecule has 3 nitrogen and oxygen atoms in total. The van der Waals surface area contributed by atoms with E-state index in [0.29, 0.717) is 0 Å². The predicted molar refractivity (Wildman–Crippen MR) is 42.3 cm³/mol. The topological polar surface area (TPSA) is 29.5 Å². The van der Waals surface area contributed by atoms with Crippen LogP contribution in [0.25, 0.3) is 0 Å². The summed E-state index contributed by atoms with van der Waals surface area (Å²) in [6.07, 6.45) is 0.809. The highest BCUT2D eigenvalue weighted by molar-refractivity contribution is 5.82. The van der Waals surface area contributed by atoms with Crippen molar-refractivity contribution in [2.75, 3.05) is 13.6 Å². The maximum absolute atomic E-state index is 11.2. The van der Waals surface area contributed by atoms with Gasteiger partial charge in [-0.1, -0.05) is 0 Å². The number of amides is 1. The first-order valence-corrected chi connectivity index (χ1v) is 4.01. The van der Waals surface area contributed by atoms with Crippen molar-refractivity contribution in [2.24, 2.45) is 0 Å². The zero-order valence-electron chi connectivity index (χ0n) is 7.33. The zero-order valence-corrected chi connectivity index (χ0v) is 7.33. The lowest BCUT2D eigenvalue weighted by Gasteiger charge is -2.13. The quantitative estimate of drug-likeness (QED) is 0.588. The van der Waals surface area contributed by atoms with Crippen LogP contribution in [0.5, 0.6) is 0 Å². The summed E-state index contributed by atoms with van der Waals surface area (Å²) in [5.74, 6) is 0.124. The van der Waals surface area contributed by atoms with Crippen LogP contribution in [0.2, 0.25) is 0 Å². The molecule has 1 aliphatic rings. The molecule has 1 atom stereocenters. The van der Waals surface area contributed by atoms with E-state index < -0.39 is 0 Å². The number of likely N-dealkylation sites (N-methyl/N-ethyl adjacent to an activating group) is 1. The van der Waals surface area contributed by atoms with E-state index in [4.69, 9.17) is 4.74 Å². The van der Waals surface area contributed by atoms with Crippen molar-refractivity contribution >= 4 is 5.91 Å². The van der Waals surface area contributed by atoms with E-state index in [1.807, 2.05) is 20.9 Å². The van der Waals surface area contributed by atoms with Gasteiger partial charge in [0.2, 0.25) is 0 Å². The van der Waals surface area contributed by atoms with Crippen molar-refractivity contribution in [3.8, 4) is 0 Å². The van der Waals surface area contributed by atoms with Gasteiger partial charge in [-0.3, -0.25) is 4.79 Å². The van der Waals surface area contributed by atoms with Gasteiger partial charge in [0.05, 0.1) is 6.10 Å². The van der Waals surface area contributed by atoms with Crippen molar-refractivity contribution in [1.29, 1.82) is 0 Å². The van der Waals surface area contributed by atoms with Gasteiger partial charge in [0.1, 0.15) is 6.10 Å². The van der Waals surface area contributed by atoms with Crippen LogP contribution in [0.4, 0.5) is 0 Å². The van der Waals surface area contributed by atoms with Gasteiger partial charge in [0, 0.05) is 20.0 Å².